The number of aromatic nitrogens is 4. The number of imidazole rings is 1. The standard InChI is InChI=1S/C19H22ClIN4O4/c1-5-7-9-10(17(26)27-6-2)13-14(29-19(3,4)28-13)12(9)25-8-22-11-15(20)23-18(21)24-16(11)25/h5,8-10,12-14H,1,6-7H2,2-4H3/t9?,10-,12+,13+,14-/m0/s1. The Morgan fingerprint density at radius 3 is 2.83 bits per heavy atom. The summed E-state index contributed by atoms with van der Waals surface area (Å²) in [5, 5.41) is 0.291. The van der Waals surface area contributed by atoms with E-state index in [2.05, 4.69) is 21.5 Å². The van der Waals surface area contributed by atoms with Gasteiger partial charge in [0.1, 0.15) is 17.7 Å². The quantitative estimate of drug-likeness (QED) is 0.191. The van der Waals surface area contributed by atoms with Crippen LogP contribution in [0.25, 0.3) is 11.2 Å². The van der Waals surface area contributed by atoms with Crippen LogP contribution >= 0.6 is 34.2 Å². The van der Waals surface area contributed by atoms with E-state index in [9.17, 15) is 4.79 Å². The normalized spacial score (nSPS) is 30.4. The van der Waals surface area contributed by atoms with Crippen LogP contribution in [-0.4, -0.2) is 50.1 Å². The van der Waals surface area contributed by atoms with Gasteiger partial charge in [0.05, 0.1) is 24.9 Å². The average Bonchev–Trinajstić information content (AvgIpc) is 3.24. The Labute approximate surface area is 187 Å². The number of halogens is 2. The highest BCUT2D eigenvalue weighted by Crippen LogP contribution is 2.52. The third kappa shape index (κ3) is 3.55. The van der Waals surface area contributed by atoms with Gasteiger partial charge in [-0.3, -0.25) is 4.79 Å². The van der Waals surface area contributed by atoms with Crippen molar-refractivity contribution in [2.24, 2.45) is 11.8 Å². The fourth-order valence-electron chi connectivity index (χ4n) is 4.52. The van der Waals surface area contributed by atoms with Gasteiger partial charge in [0.15, 0.2) is 20.4 Å². The number of hydrogen-bond donors (Lipinski definition) is 0. The highest BCUT2D eigenvalue weighted by Gasteiger charge is 2.62. The number of esters is 1. The first-order valence-electron chi connectivity index (χ1n) is 9.46. The molecule has 1 aliphatic heterocycles. The van der Waals surface area contributed by atoms with Gasteiger partial charge in [0.2, 0.25) is 0 Å². The van der Waals surface area contributed by atoms with Crippen LogP contribution in [0, 0.1) is 15.7 Å². The second-order valence-electron chi connectivity index (χ2n) is 7.63. The zero-order chi connectivity index (χ0) is 20.9. The van der Waals surface area contributed by atoms with Crippen LogP contribution in [-0.2, 0) is 19.0 Å². The molecule has 10 heteroatoms. The van der Waals surface area contributed by atoms with Crippen molar-refractivity contribution in [3.05, 3.63) is 28.0 Å². The van der Waals surface area contributed by atoms with Crippen LogP contribution in [0.2, 0.25) is 5.15 Å². The lowest BCUT2D eigenvalue weighted by Crippen LogP contribution is -2.35. The van der Waals surface area contributed by atoms with Gasteiger partial charge < -0.3 is 18.8 Å². The molecule has 156 valence electrons. The topological polar surface area (TPSA) is 88.4 Å². The first kappa shape index (κ1) is 21.0. The van der Waals surface area contributed by atoms with Gasteiger partial charge in [0, 0.05) is 28.5 Å². The van der Waals surface area contributed by atoms with Crippen molar-refractivity contribution in [3.8, 4) is 0 Å². The van der Waals surface area contributed by atoms with E-state index < -0.39 is 17.8 Å². The van der Waals surface area contributed by atoms with Gasteiger partial charge >= 0.3 is 5.97 Å². The average molecular weight is 533 g/mol. The second-order valence-corrected chi connectivity index (χ2v) is 8.95. The van der Waals surface area contributed by atoms with Gasteiger partial charge in [-0.25, -0.2) is 15.0 Å². The summed E-state index contributed by atoms with van der Waals surface area (Å²) in [5.41, 5.74) is 1.11. The van der Waals surface area contributed by atoms with Crippen molar-refractivity contribution in [1.29, 1.82) is 0 Å². The van der Waals surface area contributed by atoms with E-state index in [0.717, 1.165) is 0 Å². The maximum absolute atomic E-state index is 12.9. The first-order valence-corrected chi connectivity index (χ1v) is 10.9. The number of nitrogens with zero attached hydrogens (tertiary/aromatic N) is 4. The monoisotopic (exact) mass is 532 g/mol. The van der Waals surface area contributed by atoms with Crippen LogP contribution in [0.4, 0.5) is 0 Å². The molecule has 0 spiro atoms. The van der Waals surface area contributed by atoms with Crippen LogP contribution in [0.5, 0.6) is 0 Å². The molecule has 1 saturated heterocycles. The number of ether oxygens (including phenoxy) is 3. The highest BCUT2D eigenvalue weighted by molar-refractivity contribution is 14.1. The summed E-state index contributed by atoms with van der Waals surface area (Å²) in [6, 6.07) is -0.249. The number of fused-ring (bicyclic) bond motifs is 2. The summed E-state index contributed by atoms with van der Waals surface area (Å²) in [5.74, 6) is -1.74. The van der Waals surface area contributed by atoms with E-state index in [1.807, 2.05) is 41.0 Å². The molecular formula is C19H22ClIN4O4. The fourth-order valence-corrected chi connectivity index (χ4v) is 5.35. The number of allylic oxidation sites excluding steroid dienone is 1. The largest absolute Gasteiger partial charge is 0.466 e. The Morgan fingerprint density at radius 1 is 1.41 bits per heavy atom. The number of hydrogen-bond acceptors (Lipinski definition) is 7. The van der Waals surface area contributed by atoms with E-state index in [0.29, 0.717) is 33.2 Å². The van der Waals surface area contributed by atoms with Crippen LogP contribution in [0.1, 0.15) is 33.2 Å². The molecule has 2 aromatic heterocycles. The molecule has 1 saturated carbocycles. The number of carbonyl (C=O) groups excluding carboxylic acids is 1. The fraction of sp³-hybridized carbons (Fsp3) is 0.579. The lowest BCUT2D eigenvalue weighted by atomic mass is 9.89. The summed E-state index contributed by atoms with van der Waals surface area (Å²) in [4.78, 5) is 26.0. The summed E-state index contributed by atoms with van der Waals surface area (Å²) in [7, 11) is 0. The summed E-state index contributed by atoms with van der Waals surface area (Å²) >= 11 is 8.30. The molecule has 0 N–H and O–H groups in total. The zero-order valence-corrected chi connectivity index (χ0v) is 19.3. The molecule has 3 heterocycles. The molecule has 8 nitrogen and oxygen atoms in total. The lowest BCUT2D eigenvalue weighted by molar-refractivity contribution is -0.175. The Morgan fingerprint density at radius 2 is 2.14 bits per heavy atom. The molecular weight excluding hydrogens is 511 g/mol. The van der Waals surface area contributed by atoms with Crippen molar-refractivity contribution in [1.82, 2.24) is 19.5 Å². The predicted molar refractivity (Wildman–Crippen MR) is 114 cm³/mol. The molecule has 0 aromatic carbocycles. The molecule has 2 fully saturated rings. The van der Waals surface area contributed by atoms with Gasteiger partial charge in [-0.15, -0.1) is 6.58 Å². The minimum absolute atomic E-state index is 0.151. The van der Waals surface area contributed by atoms with E-state index >= 15 is 0 Å². The number of rotatable bonds is 5. The minimum Gasteiger partial charge on any atom is -0.466 e. The number of carbonyl (C=O) groups is 1. The Hall–Kier alpha value is -1.30. The zero-order valence-electron chi connectivity index (χ0n) is 16.3. The predicted octanol–water partition coefficient (Wildman–Crippen LogP) is 3.53. The molecule has 0 radical (unpaired) electrons. The molecule has 29 heavy (non-hydrogen) atoms. The van der Waals surface area contributed by atoms with Crippen LogP contribution < -0.4 is 0 Å². The molecule has 2 aliphatic rings. The van der Waals surface area contributed by atoms with Crippen LogP contribution in [0.3, 0.4) is 0 Å². The van der Waals surface area contributed by atoms with E-state index in [1.54, 1.807) is 19.3 Å². The Kier molecular flexibility index (Phi) is 5.60. The lowest BCUT2D eigenvalue weighted by Gasteiger charge is -2.29. The van der Waals surface area contributed by atoms with E-state index in [-0.39, 0.29) is 24.0 Å². The molecule has 5 atom stereocenters. The SMILES string of the molecule is C=CCC1[C@@H](n2cnc3c(Cl)nc(I)nc32)[C@@H]2OC(C)(C)O[C@@H]2[C@H]1C(=O)OCC. The smallest absolute Gasteiger partial charge is 0.312 e. The third-order valence-corrected chi connectivity index (χ3v) is 6.17. The van der Waals surface area contributed by atoms with Crippen molar-refractivity contribution in [3.63, 3.8) is 0 Å². The van der Waals surface area contributed by atoms with Gasteiger partial charge in [-0.2, -0.15) is 0 Å². The molecule has 4 rings (SSSR count). The second kappa shape index (κ2) is 7.75. The van der Waals surface area contributed by atoms with Crippen molar-refractivity contribution in [2.45, 2.75) is 51.2 Å². The molecule has 0 amide bonds. The van der Waals surface area contributed by atoms with E-state index in [4.69, 9.17) is 25.8 Å². The Bertz CT molecular complexity index is 965. The van der Waals surface area contributed by atoms with Gasteiger partial charge in [-0.1, -0.05) is 17.7 Å². The van der Waals surface area contributed by atoms with Crippen molar-refractivity contribution < 1.29 is 19.0 Å². The van der Waals surface area contributed by atoms with Crippen molar-refractivity contribution >= 4 is 51.3 Å². The third-order valence-electron chi connectivity index (χ3n) is 5.42. The maximum atomic E-state index is 12.9. The molecule has 1 unspecified atom stereocenters. The molecule has 0 bridgehead atoms. The van der Waals surface area contributed by atoms with Crippen molar-refractivity contribution in [2.75, 3.05) is 6.61 Å². The molecule has 1 aliphatic carbocycles. The van der Waals surface area contributed by atoms with Crippen LogP contribution in [0.15, 0.2) is 19.0 Å². The molecule has 2 aromatic rings. The summed E-state index contributed by atoms with van der Waals surface area (Å²) in [6.07, 6.45) is 3.27. The minimum atomic E-state index is -0.811. The Balaban J connectivity index is 1.86. The summed E-state index contributed by atoms with van der Waals surface area (Å²) < 4.78 is 20.3. The van der Waals surface area contributed by atoms with Gasteiger partial charge in [0.25, 0.3) is 0 Å². The van der Waals surface area contributed by atoms with E-state index in [1.165, 1.54) is 0 Å². The van der Waals surface area contributed by atoms with Gasteiger partial charge in [-0.05, 0) is 27.2 Å². The highest BCUT2D eigenvalue weighted by atomic mass is 127. The summed E-state index contributed by atoms with van der Waals surface area (Å²) in [6.45, 7) is 9.68. The first-order chi connectivity index (χ1) is 13.8. The maximum Gasteiger partial charge on any atom is 0.312 e.